The van der Waals surface area contributed by atoms with Gasteiger partial charge >= 0.3 is 5.69 Å². The Morgan fingerprint density at radius 1 is 1.50 bits per heavy atom. The maximum absolute atomic E-state index is 11.1. The number of aromatic nitrogens is 2. The highest BCUT2D eigenvalue weighted by atomic mass is 16.6. The number of nitrogens with zero attached hydrogens (tertiary/aromatic N) is 3. The Kier molecular flexibility index (Phi) is 4.84. The van der Waals surface area contributed by atoms with Gasteiger partial charge in [-0.1, -0.05) is 13.3 Å². The summed E-state index contributed by atoms with van der Waals surface area (Å²) in [4.78, 5) is 10.8. The van der Waals surface area contributed by atoms with Crippen LogP contribution in [0.1, 0.15) is 51.0 Å². The molecular weight excluding hydrogens is 232 g/mol. The van der Waals surface area contributed by atoms with E-state index >= 15 is 0 Å². The maximum atomic E-state index is 11.1. The zero-order valence-corrected chi connectivity index (χ0v) is 11.5. The molecule has 0 radical (unpaired) electrons. The fourth-order valence-corrected chi connectivity index (χ4v) is 2.16. The van der Waals surface area contributed by atoms with Crippen LogP contribution in [-0.2, 0) is 6.42 Å². The monoisotopic (exact) mass is 254 g/mol. The average molecular weight is 254 g/mol. The first-order valence-corrected chi connectivity index (χ1v) is 6.36. The number of rotatable bonds is 6. The van der Waals surface area contributed by atoms with Gasteiger partial charge in [-0.05, 0) is 27.2 Å². The van der Waals surface area contributed by atoms with Crippen molar-refractivity contribution in [2.24, 2.45) is 5.73 Å². The lowest BCUT2D eigenvalue weighted by Gasteiger charge is -2.13. The van der Waals surface area contributed by atoms with Crippen LogP contribution in [0.15, 0.2) is 0 Å². The van der Waals surface area contributed by atoms with Crippen LogP contribution in [0.5, 0.6) is 0 Å². The smallest absolute Gasteiger partial charge is 0.313 e. The van der Waals surface area contributed by atoms with Gasteiger partial charge in [-0.15, -0.1) is 0 Å². The SMILES string of the molecule is CCCC(N)Cc1c([N+](=O)[O-])c(C)nn1C(C)C. The molecule has 102 valence electrons. The summed E-state index contributed by atoms with van der Waals surface area (Å²) in [6.07, 6.45) is 2.34. The lowest BCUT2D eigenvalue weighted by Crippen LogP contribution is -2.25. The highest BCUT2D eigenvalue weighted by Gasteiger charge is 2.27. The van der Waals surface area contributed by atoms with E-state index in [0.29, 0.717) is 17.8 Å². The molecule has 1 aromatic rings. The zero-order chi connectivity index (χ0) is 13.9. The van der Waals surface area contributed by atoms with Gasteiger partial charge in [0.15, 0.2) is 0 Å². The number of nitro groups is 1. The van der Waals surface area contributed by atoms with Gasteiger partial charge in [0.1, 0.15) is 11.4 Å². The number of hydrogen-bond donors (Lipinski definition) is 1. The van der Waals surface area contributed by atoms with Gasteiger partial charge in [0.05, 0.1) is 4.92 Å². The Labute approximate surface area is 107 Å². The van der Waals surface area contributed by atoms with Crippen molar-refractivity contribution in [2.45, 2.75) is 59.0 Å². The molecule has 0 saturated heterocycles. The lowest BCUT2D eigenvalue weighted by atomic mass is 10.1. The van der Waals surface area contributed by atoms with Crippen molar-refractivity contribution in [3.8, 4) is 0 Å². The fourth-order valence-electron chi connectivity index (χ4n) is 2.16. The molecule has 6 nitrogen and oxygen atoms in total. The summed E-state index contributed by atoms with van der Waals surface area (Å²) in [5.41, 5.74) is 7.23. The van der Waals surface area contributed by atoms with Crippen LogP contribution in [0.3, 0.4) is 0 Å². The van der Waals surface area contributed by atoms with E-state index in [9.17, 15) is 10.1 Å². The second-order valence-electron chi connectivity index (χ2n) is 4.93. The van der Waals surface area contributed by atoms with Crippen molar-refractivity contribution in [3.05, 3.63) is 21.5 Å². The van der Waals surface area contributed by atoms with Crippen molar-refractivity contribution < 1.29 is 4.92 Å². The molecule has 1 unspecified atom stereocenters. The van der Waals surface area contributed by atoms with Gasteiger partial charge < -0.3 is 5.73 Å². The summed E-state index contributed by atoms with van der Waals surface area (Å²) in [7, 11) is 0. The van der Waals surface area contributed by atoms with E-state index < -0.39 is 0 Å². The van der Waals surface area contributed by atoms with Crippen LogP contribution in [0, 0.1) is 17.0 Å². The molecule has 0 aliphatic carbocycles. The summed E-state index contributed by atoms with van der Waals surface area (Å²) >= 11 is 0. The first kappa shape index (κ1) is 14.6. The molecule has 0 saturated carbocycles. The quantitative estimate of drug-likeness (QED) is 0.623. The van der Waals surface area contributed by atoms with E-state index in [2.05, 4.69) is 12.0 Å². The predicted octanol–water partition coefficient (Wildman–Crippen LogP) is 2.35. The average Bonchev–Trinajstić information content (AvgIpc) is 2.55. The Morgan fingerprint density at radius 3 is 2.56 bits per heavy atom. The van der Waals surface area contributed by atoms with Crippen LogP contribution >= 0.6 is 0 Å². The molecule has 1 aromatic heterocycles. The van der Waals surface area contributed by atoms with Crippen LogP contribution < -0.4 is 5.73 Å². The highest BCUT2D eigenvalue weighted by molar-refractivity contribution is 5.41. The Balaban J connectivity index is 3.15. The van der Waals surface area contributed by atoms with E-state index in [4.69, 9.17) is 5.73 Å². The fraction of sp³-hybridized carbons (Fsp3) is 0.750. The summed E-state index contributed by atoms with van der Waals surface area (Å²) in [5.74, 6) is 0. The molecule has 0 fully saturated rings. The van der Waals surface area contributed by atoms with Crippen LogP contribution in [0.25, 0.3) is 0 Å². The standard InChI is InChI=1S/C12H22N4O2/c1-5-6-10(13)7-11-12(16(17)18)9(4)14-15(11)8(2)3/h8,10H,5-7,13H2,1-4H3. The molecule has 0 aliphatic heterocycles. The van der Waals surface area contributed by atoms with Gasteiger partial charge in [-0.3, -0.25) is 14.8 Å². The molecule has 6 heteroatoms. The molecule has 0 amide bonds. The van der Waals surface area contributed by atoms with Gasteiger partial charge in [-0.25, -0.2) is 0 Å². The van der Waals surface area contributed by atoms with Gasteiger partial charge in [0.2, 0.25) is 0 Å². The number of nitrogens with two attached hydrogens (primary N) is 1. The van der Waals surface area contributed by atoms with E-state index in [0.717, 1.165) is 12.8 Å². The van der Waals surface area contributed by atoms with Crippen molar-refractivity contribution in [1.82, 2.24) is 9.78 Å². The third-order valence-corrected chi connectivity index (χ3v) is 2.94. The zero-order valence-electron chi connectivity index (χ0n) is 11.5. The first-order chi connectivity index (χ1) is 8.38. The number of hydrogen-bond acceptors (Lipinski definition) is 4. The molecule has 0 spiro atoms. The largest absolute Gasteiger partial charge is 0.327 e. The Bertz CT molecular complexity index is 426. The minimum atomic E-state index is -0.352. The molecule has 18 heavy (non-hydrogen) atoms. The van der Waals surface area contributed by atoms with E-state index in [1.54, 1.807) is 11.6 Å². The molecule has 1 heterocycles. The Morgan fingerprint density at radius 2 is 2.11 bits per heavy atom. The number of aryl methyl sites for hydroxylation is 1. The van der Waals surface area contributed by atoms with Crippen LogP contribution in [-0.4, -0.2) is 20.7 Å². The lowest BCUT2D eigenvalue weighted by molar-refractivity contribution is -0.386. The van der Waals surface area contributed by atoms with Gasteiger partial charge in [0, 0.05) is 18.5 Å². The molecule has 1 atom stereocenters. The Hall–Kier alpha value is -1.43. The molecule has 0 bridgehead atoms. The third kappa shape index (κ3) is 3.07. The van der Waals surface area contributed by atoms with Crippen molar-refractivity contribution >= 4 is 5.69 Å². The summed E-state index contributed by atoms with van der Waals surface area (Å²) in [6, 6.07) is 0.0449. The molecular formula is C12H22N4O2. The molecule has 1 rings (SSSR count). The van der Waals surface area contributed by atoms with E-state index in [1.165, 1.54) is 0 Å². The highest BCUT2D eigenvalue weighted by Crippen LogP contribution is 2.27. The van der Waals surface area contributed by atoms with E-state index in [-0.39, 0.29) is 22.7 Å². The van der Waals surface area contributed by atoms with Crippen molar-refractivity contribution in [3.63, 3.8) is 0 Å². The van der Waals surface area contributed by atoms with E-state index in [1.807, 2.05) is 13.8 Å². The van der Waals surface area contributed by atoms with Crippen LogP contribution in [0.2, 0.25) is 0 Å². The van der Waals surface area contributed by atoms with Gasteiger partial charge in [0.25, 0.3) is 0 Å². The second kappa shape index (κ2) is 5.95. The second-order valence-corrected chi connectivity index (χ2v) is 4.93. The summed E-state index contributed by atoms with van der Waals surface area (Å²) in [6.45, 7) is 7.65. The predicted molar refractivity (Wildman–Crippen MR) is 70.6 cm³/mol. The van der Waals surface area contributed by atoms with Crippen molar-refractivity contribution in [2.75, 3.05) is 0 Å². The maximum Gasteiger partial charge on any atom is 0.313 e. The minimum Gasteiger partial charge on any atom is -0.327 e. The summed E-state index contributed by atoms with van der Waals surface area (Å²) < 4.78 is 1.73. The molecule has 0 aliphatic rings. The topological polar surface area (TPSA) is 87.0 Å². The minimum absolute atomic E-state index is 0.0534. The third-order valence-electron chi connectivity index (χ3n) is 2.94. The first-order valence-electron chi connectivity index (χ1n) is 6.36. The van der Waals surface area contributed by atoms with Crippen LogP contribution in [0.4, 0.5) is 5.69 Å². The normalized spacial score (nSPS) is 13.0. The summed E-state index contributed by atoms with van der Waals surface area (Å²) in [5, 5.41) is 15.4. The van der Waals surface area contributed by atoms with Crippen molar-refractivity contribution in [1.29, 1.82) is 0 Å². The molecule has 0 aromatic carbocycles. The molecule has 2 N–H and O–H groups in total. The van der Waals surface area contributed by atoms with Gasteiger partial charge in [-0.2, -0.15) is 5.10 Å².